The number of amides is 1. The number of ether oxygens (including phenoxy) is 1. The molecule has 24 heavy (non-hydrogen) atoms. The van der Waals surface area contributed by atoms with Gasteiger partial charge in [0.1, 0.15) is 6.61 Å². The Balaban J connectivity index is 1.52. The number of rotatable bonds is 3. The molecule has 4 nitrogen and oxygen atoms in total. The van der Waals surface area contributed by atoms with E-state index < -0.39 is 6.09 Å². The van der Waals surface area contributed by atoms with Crippen molar-refractivity contribution in [2.24, 2.45) is 0 Å². The van der Waals surface area contributed by atoms with Crippen LogP contribution in [0.5, 0.6) is 0 Å². The van der Waals surface area contributed by atoms with E-state index in [1.807, 2.05) is 54.6 Å². The van der Waals surface area contributed by atoms with Gasteiger partial charge in [-0.1, -0.05) is 72.0 Å². The van der Waals surface area contributed by atoms with Gasteiger partial charge in [-0.05, 0) is 17.0 Å². The van der Waals surface area contributed by atoms with Gasteiger partial charge in [0.25, 0.3) is 0 Å². The quantitative estimate of drug-likeness (QED) is 0.560. The molecule has 0 saturated carbocycles. The van der Waals surface area contributed by atoms with Crippen LogP contribution in [0.25, 0.3) is 21.0 Å². The number of benzene rings is 3. The van der Waals surface area contributed by atoms with Gasteiger partial charge in [0.15, 0.2) is 5.13 Å². The molecule has 0 saturated heterocycles. The van der Waals surface area contributed by atoms with Crippen LogP contribution in [0, 0.1) is 0 Å². The zero-order chi connectivity index (χ0) is 16.4. The summed E-state index contributed by atoms with van der Waals surface area (Å²) < 4.78 is 6.27. The van der Waals surface area contributed by atoms with E-state index in [2.05, 4.69) is 22.4 Å². The van der Waals surface area contributed by atoms with Crippen molar-refractivity contribution in [3.8, 4) is 0 Å². The molecule has 4 rings (SSSR count). The zero-order valence-electron chi connectivity index (χ0n) is 12.7. The smallest absolute Gasteiger partial charge is 0.413 e. The number of aromatic nitrogens is 1. The largest absolute Gasteiger partial charge is 0.444 e. The Morgan fingerprint density at radius 2 is 1.79 bits per heavy atom. The first-order valence-corrected chi connectivity index (χ1v) is 8.37. The number of carbonyl (C=O) groups excluding carboxylic acids is 1. The van der Waals surface area contributed by atoms with E-state index >= 15 is 0 Å². The molecule has 5 heteroatoms. The predicted octanol–water partition coefficient (Wildman–Crippen LogP) is 5.20. The van der Waals surface area contributed by atoms with Crippen molar-refractivity contribution in [3.63, 3.8) is 0 Å². The first-order chi connectivity index (χ1) is 11.8. The Hall–Kier alpha value is -2.92. The van der Waals surface area contributed by atoms with Crippen LogP contribution in [0.4, 0.5) is 9.93 Å². The van der Waals surface area contributed by atoms with Gasteiger partial charge in [-0.15, -0.1) is 0 Å². The third-order valence-electron chi connectivity index (χ3n) is 3.71. The third-order valence-corrected chi connectivity index (χ3v) is 4.64. The van der Waals surface area contributed by atoms with Gasteiger partial charge in [0.05, 0.1) is 10.2 Å². The second-order valence-electron chi connectivity index (χ2n) is 5.34. The summed E-state index contributed by atoms with van der Waals surface area (Å²) in [5, 5.41) is 5.47. The second-order valence-corrected chi connectivity index (χ2v) is 6.37. The minimum Gasteiger partial charge on any atom is -0.444 e. The zero-order valence-corrected chi connectivity index (χ0v) is 13.5. The average molecular weight is 334 g/mol. The minimum absolute atomic E-state index is 0.237. The number of anilines is 1. The fourth-order valence-corrected chi connectivity index (χ4v) is 3.43. The molecule has 1 amide bonds. The molecule has 1 N–H and O–H groups in total. The summed E-state index contributed by atoms with van der Waals surface area (Å²) in [4.78, 5) is 16.5. The summed E-state index contributed by atoms with van der Waals surface area (Å²) in [6.45, 7) is 0.237. The molecule has 0 aliphatic carbocycles. The Morgan fingerprint density at radius 3 is 2.67 bits per heavy atom. The van der Waals surface area contributed by atoms with Gasteiger partial charge in [-0.25, -0.2) is 9.78 Å². The molecule has 0 aliphatic heterocycles. The third kappa shape index (κ3) is 2.94. The molecular formula is C19H14N2O2S. The molecule has 0 fully saturated rings. The van der Waals surface area contributed by atoms with Crippen LogP contribution in [0.2, 0.25) is 0 Å². The number of fused-ring (bicyclic) bond motifs is 3. The maximum atomic E-state index is 12.0. The van der Waals surface area contributed by atoms with Gasteiger partial charge in [-0.2, -0.15) is 0 Å². The lowest BCUT2D eigenvalue weighted by molar-refractivity contribution is 0.155. The Kier molecular flexibility index (Phi) is 3.84. The molecule has 0 radical (unpaired) electrons. The van der Waals surface area contributed by atoms with E-state index in [0.29, 0.717) is 5.13 Å². The molecule has 118 valence electrons. The van der Waals surface area contributed by atoms with Crippen LogP contribution in [0.1, 0.15) is 5.56 Å². The number of nitrogens with one attached hydrogen (secondary N) is 1. The summed E-state index contributed by atoms with van der Waals surface area (Å²) in [6, 6.07) is 21.7. The lowest BCUT2D eigenvalue weighted by Gasteiger charge is -2.04. The van der Waals surface area contributed by atoms with E-state index in [1.165, 1.54) is 11.3 Å². The second kappa shape index (κ2) is 6.29. The van der Waals surface area contributed by atoms with Crippen LogP contribution >= 0.6 is 11.3 Å². The molecular weight excluding hydrogens is 320 g/mol. The van der Waals surface area contributed by atoms with E-state index in [9.17, 15) is 4.79 Å². The standard InChI is InChI=1S/C19H14N2O2S/c22-19(23-12-13-6-2-1-3-7-13)21-18-20-17-15-9-5-4-8-14(15)10-11-16(17)24-18/h1-11H,12H2,(H,20,21,22). The van der Waals surface area contributed by atoms with E-state index in [-0.39, 0.29) is 6.61 Å². The summed E-state index contributed by atoms with van der Waals surface area (Å²) in [6.07, 6.45) is -0.498. The molecule has 0 unspecified atom stereocenters. The minimum atomic E-state index is -0.498. The number of nitrogens with zero attached hydrogens (tertiary/aromatic N) is 1. The molecule has 4 aromatic rings. The van der Waals surface area contributed by atoms with Gasteiger partial charge < -0.3 is 4.74 Å². The predicted molar refractivity (Wildman–Crippen MR) is 97.4 cm³/mol. The summed E-state index contributed by atoms with van der Waals surface area (Å²) in [7, 11) is 0. The van der Waals surface area contributed by atoms with Crippen LogP contribution in [0.15, 0.2) is 66.7 Å². The van der Waals surface area contributed by atoms with Gasteiger partial charge in [0, 0.05) is 5.39 Å². The maximum absolute atomic E-state index is 12.0. The van der Waals surface area contributed by atoms with E-state index in [1.54, 1.807) is 0 Å². The van der Waals surface area contributed by atoms with Gasteiger partial charge in [0.2, 0.25) is 0 Å². The highest BCUT2D eigenvalue weighted by Crippen LogP contribution is 2.31. The maximum Gasteiger partial charge on any atom is 0.413 e. The van der Waals surface area contributed by atoms with Crippen LogP contribution < -0.4 is 5.32 Å². The van der Waals surface area contributed by atoms with Gasteiger partial charge >= 0.3 is 6.09 Å². The number of thiazole rings is 1. The molecule has 0 atom stereocenters. The van der Waals surface area contributed by atoms with Crippen LogP contribution in [-0.2, 0) is 11.3 Å². The van der Waals surface area contributed by atoms with Crippen molar-refractivity contribution >= 4 is 43.6 Å². The number of hydrogen-bond donors (Lipinski definition) is 1. The Morgan fingerprint density at radius 1 is 1.00 bits per heavy atom. The average Bonchev–Trinajstić information content (AvgIpc) is 3.04. The monoisotopic (exact) mass is 334 g/mol. The van der Waals surface area contributed by atoms with Crippen molar-refractivity contribution in [2.45, 2.75) is 6.61 Å². The molecule has 3 aromatic carbocycles. The van der Waals surface area contributed by atoms with Crippen LogP contribution in [0.3, 0.4) is 0 Å². The first-order valence-electron chi connectivity index (χ1n) is 7.55. The SMILES string of the molecule is O=C(Nc1nc2c(ccc3ccccc32)s1)OCc1ccccc1. The lowest BCUT2D eigenvalue weighted by Crippen LogP contribution is -2.13. The van der Waals surface area contributed by atoms with Crippen molar-refractivity contribution in [2.75, 3.05) is 5.32 Å². The summed E-state index contributed by atoms with van der Waals surface area (Å²) >= 11 is 1.44. The van der Waals surface area contributed by atoms with E-state index in [0.717, 1.165) is 26.6 Å². The van der Waals surface area contributed by atoms with Crippen molar-refractivity contribution in [1.82, 2.24) is 4.98 Å². The molecule has 0 spiro atoms. The molecule has 0 aliphatic rings. The lowest BCUT2D eigenvalue weighted by atomic mass is 10.1. The summed E-state index contributed by atoms with van der Waals surface area (Å²) in [5.41, 5.74) is 1.85. The first kappa shape index (κ1) is 14.7. The highest BCUT2D eigenvalue weighted by atomic mass is 32.1. The number of hydrogen-bond acceptors (Lipinski definition) is 4. The topological polar surface area (TPSA) is 51.2 Å². The van der Waals surface area contributed by atoms with Crippen molar-refractivity contribution in [1.29, 1.82) is 0 Å². The van der Waals surface area contributed by atoms with E-state index in [4.69, 9.17) is 4.74 Å². The fraction of sp³-hybridized carbons (Fsp3) is 0.0526. The molecule has 0 bridgehead atoms. The van der Waals surface area contributed by atoms with Crippen molar-refractivity contribution in [3.05, 3.63) is 72.3 Å². The number of carbonyl (C=O) groups is 1. The molecule has 1 heterocycles. The highest BCUT2D eigenvalue weighted by molar-refractivity contribution is 7.22. The van der Waals surface area contributed by atoms with Crippen molar-refractivity contribution < 1.29 is 9.53 Å². The molecule has 1 aromatic heterocycles. The Labute approximate surface area is 142 Å². The van der Waals surface area contributed by atoms with Gasteiger partial charge in [-0.3, -0.25) is 5.32 Å². The highest BCUT2D eigenvalue weighted by Gasteiger charge is 2.10. The normalized spacial score (nSPS) is 10.8. The van der Waals surface area contributed by atoms with Crippen LogP contribution in [-0.4, -0.2) is 11.1 Å². The Bertz CT molecular complexity index is 1010. The summed E-state index contributed by atoms with van der Waals surface area (Å²) in [5.74, 6) is 0. The fourth-order valence-electron chi connectivity index (χ4n) is 2.56.